The number of allylic oxidation sites excluding steroid dienone is 2. The van der Waals surface area contributed by atoms with Gasteiger partial charge in [0.2, 0.25) is 0 Å². The summed E-state index contributed by atoms with van der Waals surface area (Å²) in [5, 5.41) is 8.36. The van der Waals surface area contributed by atoms with Gasteiger partial charge in [0.1, 0.15) is 0 Å². The minimum absolute atomic E-state index is 0. The molecular formula is C35H26IrNO2-. The number of hydrogen-bond donors (Lipinski definition) is 1. The van der Waals surface area contributed by atoms with Gasteiger partial charge in [-0.1, -0.05) is 102 Å². The van der Waals surface area contributed by atoms with Crippen molar-refractivity contribution in [2.45, 2.75) is 19.3 Å². The van der Waals surface area contributed by atoms with Crippen LogP contribution in [0.25, 0.3) is 33.5 Å². The SMILES string of the molecule is CC(=O)/C=C(/C)O.[Ir].[c-]1cc(-c2ccccc2)cc2c1-c1ncccc1C21c2ccccc2-c2ccccc21. The van der Waals surface area contributed by atoms with Crippen LogP contribution in [0, 0.1) is 6.07 Å². The standard InChI is InChI=1S/C30H18N.C5H8O2.Ir/c1-2-9-20(10-3-1)21-16-17-24-28(19-21)30(27-15-8-18-31-29(24)27)25-13-6-4-11-22(25)23-12-5-7-14-26(23)30;1-4(6)3-5(2)7;/h1-16,18-19H;3,6H,1-2H3;/q-1;;/b;4-3-;. The molecule has 1 aromatic heterocycles. The van der Waals surface area contributed by atoms with Crippen LogP contribution < -0.4 is 0 Å². The average Bonchev–Trinajstić information content (AvgIpc) is 3.40. The van der Waals surface area contributed by atoms with Crippen molar-refractivity contribution in [3.8, 4) is 33.5 Å². The molecule has 0 saturated carbocycles. The van der Waals surface area contributed by atoms with Crippen molar-refractivity contribution in [2.75, 3.05) is 0 Å². The molecule has 4 heteroatoms. The molecule has 7 rings (SSSR count). The summed E-state index contributed by atoms with van der Waals surface area (Å²) in [6.07, 6.45) is 3.06. The first-order chi connectivity index (χ1) is 18.5. The monoisotopic (exact) mass is 685 g/mol. The second-order valence-corrected chi connectivity index (χ2v) is 9.68. The number of fused-ring (bicyclic) bond motifs is 10. The largest absolute Gasteiger partial charge is 0.512 e. The molecule has 4 aromatic carbocycles. The second-order valence-electron chi connectivity index (χ2n) is 9.68. The Morgan fingerprint density at radius 3 is 1.95 bits per heavy atom. The van der Waals surface area contributed by atoms with E-state index < -0.39 is 0 Å². The van der Waals surface area contributed by atoms with Gasteiger partial charge in [0.15, 0.2) is 5.78 Å². The van der Waals surface area contributed by atoms with Crippen molar-refractivity contribution in [3.05, 3.63) is 149 Å². The molecule has 3 nitrogen and oxygen atoms in total. The van der Waals surface area contributed by atoms with Crippen molar-refractivity contribution in [1.82, 2.24) is 4.98 Å². The molecule has 1 spiro atoms. The molecule has 1 N–H and O–H groups in total. The molecule has 0 atom stereocenters. The van der Waals surface area contributed by atoms with Gasteiger partial charge < -0.3 is 10.1 Å². The fraction of sp³-hybridized carbons (Fsp3) is 0.0857. The molecule has 1 radical (unpaired) electrons. The Kier molecular flexibility index (Phi) is 7.18. The van der Waals surface area contributed by atoms with E-state index in [2.05, 4.69) is 109 Å². The second kappa shape index (κ2) is 10.6. The molecule has 2 aliphatic rings. The number of carbonyl (C=O) groups excluding carboxylic acids is 1. The van der Waals surface area contributed by atoms with E-state index >= 15 is 0 Å². The fourth-order valence-electron chi connectivity index (χ4n) is 5.95. The summed E-state index contributed by atoms with van der Waals surface area (Å²) in [6, 6.07) is 40.7. The molecule has 1 heterocycles. The van der Waals surface area contributed by atoms with Crippen LogP contribution in [0.1, 0.15) is 36.1 Å². The summed E-state index contributed by atoms with van der Waals surface area (Å²) >= 11 is 0. The Labute approximate surface area is 242 Å². The van der Waals surface area contributed by atoms with Gasteiger partial charge >= 0.3 is 0 Å². The molecule has 193 valence electrons. The number of nitrogens with zero attached hydrogens (tertiary/aromatic N) is 1. The van der Waals surface area contributed by atoms with Crippen LogP contribution in [-0.2, 0) is 30.3 Å². The van der Waals surface area contributed by atoms with E-state index in [1.54, 1.807) is 0 Å². The number of ketones is 1. The Hall–Kier alpha value is -4.11. The number of hydrogen-bond acceptors (Lipinski definition) is 3. The normalized spacial score (nSPS) is 13.2. The van der Waals surface area contributed by atoms with Crippen molar-refractivity contribution in [1.29, 1.82) is 0 Å². The van der Waals surface area contributed by atoms with E-state index in [0.29, 0.717) is 0 Å². The third kappa shape index (κ3) is 4.27. The quantitative estimate of drug-likeness (QED) is 0.114. The van der Waals surface area contributed by atoms with Gasteiger partial charge in [-0.15, -0.1) is 29.3 Å². The van der Waals surface area contributed by atoms with Crippen molar-refractivity contribution in [3.63, 3.8) is 0 Å². The van der Waals surface area contributed by atoms with Gasteiger partial charge in [-0.3, -0.25) is 4.79 Å². The predicted octanol–water partition coefficient (Wildman–Crippen LogP) is 7.93. The van der Waals surface area contributed by atoms with Gasteiger partial charge in [0, 0.05) is 37.8 Å². The number of rotatable bonds is 2. The Morgan fingerprint density at radius 1 is 0.769 bits per heavy atom. The van der Waals surface area contributed by atoms with Gasteiger partial charge in [0.05, 0.1) is 5.76 Å². The molecule has 0 unspecified atom stereocenters. The predicted molar refractivity (Wildman–Crippen MR) is 152 cm³/mol. The van der Waals surface area contributed by atoms with Crippen LogP contribution in [0.15, 0.2) is 121 Å². The first-order valence-electron chi connectivity index (χ1n) is 12.7. The third-order valence-corrected chi connectivity index (χ3v) is 7.27. The van der Waals surface area contributed by atoms with E-state index in [1.807, 2.05) is 6.20 Å². The van der Waals surface area contributed by atoms with Gasteiger partial charge in [0.25, 0.3) is 0 Å². The molecule has 5 aromatic rings. The van der Waals surface area contributed by atoms with Crippen molar-refractivity contribution < 1.29 is 30.0 Å². The molecule has 0 saturated heterocycles. The summed E-state index contributed by atoms with van der Waals surface area (Å²) < 4.78 is 0. The minimum atomic E-state index is -0.354. The third-order valence-electron chi connectivity index (χ3n) is 7.27. The Morgan fingerprint density at radius 2 is 1.36 bits per heavy atom. The van der Waals surface area contributed by atoms with Crippen LogP contribution in [0.5, 0.6) is 0 Å². The maximum Gasteiger partial charge on any atom is 0.155 e. The fourth-order valence-corrected chi connectivity index (χ4v) is 5.95. The van der Waals surface area contributed by atoms with E-state index in [0.717, 1.165) is 11.3 Å². The first-order valence-corrected chi connectivity index (χ1v) is 12.7. The summed E-state index contributed by atoms with van der Waals surface area (Å²) in [6.45, 7) is 2.85. The molecule has 39 heavy (non-hydrogen) atoms. The number of benzene rings is 4. The summed E-state index contributed by atoms with van der Waals surface area (Å²) in [7, 11) is 0. The van der Waals surface area contributed by atoms with E-state index in [9.17, 15) is 4.79 Å². The molecule has 0 bridgehead atoms. The average molecular weight is 685 g/mol. The number of aliphatic hydroxyl groups excluding tert-OH is 1. The first kappa shape index (κ1) is 26.5. The van der Waals surface area contributed by atoms with Gasteiger partial charge in [-0.2, -0.15) is 0 Å². The number of aromatic nitrogens is 1. The van der Waals surface area contributed by atoms with E-state index in [1.165, 1.54) is 64.4 Å². The topological polar surface area (TPSA) is 50.2 Å². The van der Waals surface area contributed by atoms with Crippen LogP contribution >= 0.6 is 0 Å². The maximum atomic E-state index is 10.0. The van der Waals surface area contributed by atoms with E-state index in [-0.39, 0.29) is 37.1 Å². The summed E-state index contributed by atoms with van der Waals surface area (Å²) in [5.41, 5.74) is 12.0. The minimum Gasteiger partial charge on any atom is -0.512 e. The molecule has 2 aliphatic carbocycles. The van der Waals surface area contributed by atoms with Crippen molar-refractivity contribution >= 4 is 5.78 Å². The zero-order valence-corrected chi connectivity index (χ0v) is 24.0. The van der Waals surface area contributed by atoms with Crippen LogP contribution in [-0.4, -0.2) is 15.9 Å². The number of carbonyl (C=O) groups is 1. The zero-order chi connectivity index (χ0) is 26.3. The maximum absolute atomic E-state index is 10.0. The van der Waals surface area contributed by atoms with Crippen molar-refractivity contribution in [2.24, 2.45) is 0 Å². The summed E-state index contributed by atoms with van der Waals surface area (Å²) in [5.74, 6) is -0.0625. The molecular weight excluding hydrogens is 659 g/mol. The smallest absolute Gasteiger partial charge is 0.155 e. The molecule has 0 amide bonds. The zero-order valence-electron chi connectivity index (χ0n) is 21.6. The molecule has 0 aliphatic heterocycles. The van der Waals surface area contributed by atoms with E-state index in [4.69, 9.17) is 10.1 Å². The van der Waals surface area contributed by atoms with Crippen LogP contribution in [0.2, 0.25) is 0 Å². The van der Waals surface area contributed by atoms with Gasteiger partial charge in [-0.05, 0) is 47.9 Å². The van der Waals surface area contributed by atoms with Crippen LogP contribution in [0.3, 0.4) is 0 Å². The summed E-state index contributed by atoms with van der Waals surface area (Å²) in [4.78, 5) is 14.9. The Balaban J connectivity index is 0.000000345. The Bertz CT molecular complexity index is 1660. The molecule has 0 fully saturated rings. The number of aliphatic hydroxyl groups is 1. The van der Waals surface area contributed by atoms with Crippen LogP contribution in [0.4, 0.5) is 0 Å². The van der Waals surface area contributed by atoms with Gasteiger partial charge in [-0.25, -0.2) is 0 Å². The number of pyridine rings is 1.